The Morgan fingerprint density at radius 3 is 2.52 bits per heavy atom. The summed E-state index contributed by atoms with van der Waals surface area (Å²) in [7, 11) is -0.448. The number of hydrogen-bond acceptors (Lipinski definition) is 4. The highest BCUT2D eigenvalue weighted by Gasteiger charge is 2.28. The van der Waals surface area contributed by atoms with E-state index in [9.17, 15) is 8.42 Å². The van der Waals surface area contributed by atoms with E-state index < -0.39 is 10.0 Å². The molecule has 0 atom stereocenters. The van der Waals surface area contributed by atoms with Crippen molar-refractivity contribution in [3.8, 4) is 0 Å². The summed E-state index contributed by atoms with van der Waals surface area (Å²) in [6.45, 7) is 3.95. The quantitative estimate of drug-likeness (QED) is 0.926. The summed E-state index contributed by atoms with van der Waals surface area (Å²) in [5, 5.41) is 3.97. The molecule has 1 aromatic carbocycles. The molecule has 1 aromatic heterocycles. The van der Waals surface area contributed by atoms with E-state index in [2.05, 4.69) is 5.10 Å². The van der Waals surface area contributed by atoms with E-state index in [1.165, 1.54) is 8.99 Å². The van der Waals surface area contributed by atoms with Gasteiger partial charge in [-0.15, -0.1) is 0 Å². The molecule has 0 unspecified atom stereocenters. The third kappa shape index (κ3) is 2.93. The van der Waals surface area contributed by atoms with Crippen LogP contribution in [0, 0.1) is 13.8 Å². The first-order chi connectivity index (χ1) is 9.73. The van der Waals surface area contributed by atoms with Crippen LogP contribution in [0.5, 0.6) is 0 Å². The molecule has 0 aliphatic heterocycles. The molecule has 1 heterocycles. The largest absolute Gasteiger partial charge is 0.381 e. The van der Waals surface area contributed by atoms with Crippen LogP contribution in [-0.4, -0.2) is 29.6 Å². The fourth-order valence-electron chi connectivity index (χ4n) is 2.24. The predicted molar refractivity (Wildman–Crippen MR) is 82.2 cm³/mol. The molecule has 21 heavy (non-hydrogen) atoms. The number of sulfonamides is 1. The van der Waals surface area contributed by atoms with Crippen molar-refractivity contribution in [2.75, 3.05) is 12.8 Å². The van der Waals surface area contributed by atoms with Crippen LogP contribution < -0.4 is 5.73 Å². The van der Waals surface area contributed by atoms with Crippen LogP contribution in [0.4, 0.5) is 5.82 Å². The predicted octanol–water partition coefficient (Wildman–Crippen LogP) is 1.44. The van der Waals surface area contributed by atoms with Gasteiger partial charge in [-0.2, -0.15) is 9.40 Å². The number of aromatic nitrogens is 2. The molecule has 0 aliphatic carbocycles. The fraction of sp³-hybridized carbons (Fsp3) is 0.357. The Kier molecular flexibility index (Phi) is 4.06. The highest BCUT2D eigenvalue weighted by atomic mass is 32.2. The van der Waals surface area contributed by atoms with Crippen LogP contribution in [-0.2, 0) is 23.6 Å². The number of aryl methyl sites for hydroxylation is 2. The van der Waals surface area contributed by atoms with Crippen LogP contribution in [0.3, 0.4) is 0 Å². The van der Waals surface area contributed by atoms with E-state index in [4.69, 9.17) is 5.73 Å². The van der Waals surface area contributed by atoms with E-state index in [0.29, 0.717) is 5.69 Å². The van der Waals surface area contributed by atoms with Crippen molar-refractivity contribution >= 4 is 15.8 Å². The summed E-state index contributed by atoms with van der Waals surface area (Å²) in [5.74, 6) is 0.0334. The number of nitrogens with two attached hydrogens (primary N) is 1. The molecular formula is C14H20N4O2S. The van der Waals surface area contributed by atoms with Crippen molar-refractivity contribution in [3.63, 3.8) is 0 Å². The molecule has 0 saturated heterocycles. The van der Waals surface area contributed by atoms with Gasteiger partial charge in [0, 0.05) is 20.6 Å². The van der Waals surface area contributed by atoms with Gasteiger partial charge >= 0.3 is 0 Å². The smallest absolute Gasteiger partial charge is 0.248 e. The number of nitrogens with zero attached hydrogens (tertiary/aromatic N) is 3. The lowest BCUT2D eigenvalue weighted by Gasteiger charge is -2.17. The molecule has 2 aromatic rings. The number of anilines is 1. The minimum atomic E-state index is -3.67. The number of rotatable bonds is 4. The Labute approximate surface area is 125 Å². The van der Waals surface area contributed by atoms with Gasteiger partial charge in [0.2, 0.25) is 10.0 Å². The van der Waals surface area contributed by atoms with Gasteiger partial charge in [0.25, 0.3) is 0 Å². The van der Waals surface area contributed by atoms with Gasteiger partial charge in [-0.3, -0.25) is 4.68 Å². The maximum Gasteiger partial charge on any atom is 0.248 e. The molecule has 0 amide bonds. The van der Waals surface area contributed by atoms with Crippen LogP contribution in [0.25, 0.3) is 0 Å². The highest BCUT2D eigenvalue weighted by Crippen LogP contribution is 2.25. The second kappa shape index (κ2) is 5.50. The average Bonchev–Trinajstić information content (AvgIpc) is 2.63. The van der Waals surface area contributed by atoms with Crippen molar-refractivity contribution in [2.45, 2.75) is 25.3 Å². The number of hydrogen-bond donors (Lipinski definition) is 1. The molecular weight excluding hydrogens is 288 g/mol. The summed E-state index contributed by atoms with van der Waals surface area (Å²) in [5.41, 5.74) is 8.30. The summed E-state index contributed by atoms with van der Waals surface area (Å²) in [6, 6.07) is 7.75. The van der Waals surface area contributed by atoms with Crippen LogP contribution in [0.1, 0.15) is 16.8 Å². The van der Waals surface area contributed by atoms with E-state index >= 15 is 0 Å². The Morgan fingerprint density at radius 1 is 1.33 bits per heavy atom. The first-order valence-corrected chi connectivity index (χ1v) is 7.98. The second-order valence-electron chi connectivity index (χ2n) is 5.17. The molecule has 6 nitrogen and oxygen atoms in total. The van der Waals surface area contributed by atoms with Gasteiger partial charge in [0.1, 0.15) is 4.90 Å². The molecule has 2 N–H and O–H groups in total. The van der Waals surface area contributed by atoms with Gasteiger partial charge in [-0.05, 0) is 19.4 Å². The average molecular weight is 308 g/mol. The van der Waals surface area contributed by atoms with Crippen LogP contribution in [0.2, 0.25) is 0 Å². The highest BCUT2D eigenvalue weighted by molar-refractivity contribution is 7.89. The first kappa shape index (κ1) is 15.5. The lowest BCUT2D eigenvalue weighted by molar-refractivity contribution is 0.466. The van der Waals surface area contributed by atoms with Gasteiger partial charge in [-0.25, -0.2) is 8.42 Å². The van der Waals surface area contributed by atoms with Crippen LogP contribution >= 0.6 is 0 Å². The SMILES string of the molecule is Cc1cccc(CN(C)S(=O)(=O)c2c(N)nn(C)c2C)c1. The normalized spacial score (nSPS) is 12.0. The Morgan fingerprint density at radius 2 is 2.00 bits per heavy atom. The van der Waals surface area contributed by atoms with Gasteiger partial charge in [0.15, 0.2) is 5.82 Å². The fourth-order valence-corrected chi connectivity index (χ4v) is 3.68. The molecule has 0 radical (unpaired) electrons. The van der Waals surface area contributed by atoms with Crippen molar-refractivity contribution < 1.29 is 8.42 Å². The Hall–Kier alpha value is -1.86. The lowest BCUT2D eigenvalue weighted by Crippen LogP contribution is -2.27. The number of benzene rings is 1. The van der Waals surface area contributed by atoms with E-state index in [1.54, 1.807) is 21.0 Å². The van der Waals surface area contributed by atoms with Crippen LogP contribution in [0.15, 0.2) is 29.2 Å². The van der Waals surface area contributed by atoms with Crippen molar-refractivity contribution in [1.82, 2.24) is 14.1 Å². The maximum atomic E-state index is 12.7. The van der Waals surface area contributed by atoms with E-state index in [1.807, 2.05) is 31.2 Å². The standard InChI is InChI=1S/C14H20N4O2S/c1-10-6-5-7-12(8-10)9-17(3)21(19,20)13-11(2)18(4)16-14(13)15/h5-8H,9H2,1-4H3,(H2,15,16). The molecule has 0 saturated carbocycles. The molecule has 0 spiro atoms. The van der Waals surface area contributed by atoms with Crippen molar-refractivity contribution in [1.29, 1.82) is 0 Å². The molecule has 0 aliphatic rings. The zero-order chi connectivity index (χ0) is 15.8. The minimum Gasteiger partial charge on any atom is -0.381 e. The summed E-state index contributed by atoms with van der Waals surface area (Å²) in [6.07, 6.45) is 0. The minimum absolute atomic E-state index is 0.0334. The first-order valence-electron chi connectivity index (χ1n) is 6.54. The van der Waals surface area contributed by atoms with Crippen molar-refractivity contribution in [2.24, 2.45) is 7.05 Å². The summed E-state index contributed by atoms with van der Waals surface area (Å²) < 4.78 is 28.1. The summed E-state index contributed by atoms with van der Waals surface area (Å²) >= 11 is 0. The lowest BCUT2D eigenvalue weighted by atomic mass is 10.1. The second-order valence-corrected chi connectivity index (χ2v) is 7.16. The van der Waals surface area contributed by atoms with E-state index in [-0.39, 0.29) is 17.3 Å². The Bertz CT molecular complexity index is 765. The molecule has 2 rings (SSSR count). The van der Waals surface area contributed by atoms with Gasteiger partial charge < -0.3 is 5.73 Å². The topological polar surface area (TPSA) is 81.2 Å². The van der Waals surface area contributed by atoms with Gasteiger partial charge in [-0.1, -0.05) is 29.8 Å². The van der Waals surface area contributed by atoms with E-state index in [0.717, 1.165) is 11.1 Å². The third-order valence-corrected chi connectivity index (χ3v) is 5.43. The third-order valence-electron chi connectivity index (χ3n) is 3.46. The molecule has 114 valence electrons. The molecule has 0 bridgehead atoms. The monoisotopic (exact) mass is 308 g/mol. The number of nitrogen functional groups attached to an aromatic ring is 1. The molecule has 0 fully saturated rings. The molecule has 7 heteroatoms. The Balaban J connectivity index is 2.35. The zero-order valence-electron chi connectivity index (χ0n) is 12.7. The van der Waals surface area contributed by atoms with Gasteiger partial charge in [0.05, 0.1) is 5.69 Å². The zero-order valence-corrected chi connectivity index (χ0v) is 13.5. The maximum absolute atomic E-state index is 12.7. The van der Waals surface area contributed by atoms with Crippen molar-refractivity contribution in [3.05, 3.63) is 41.1 Å². The summed E-state index contributed by atoms with van der Waals surface area (Å²) in [4.78, 5) is 0.0835.